The van der Waals surface area contributed by atoms with Crippen molar-refractivity contribution in [3.05, 3.63) is 41.8 Å². The van der Waals surface area contributed by atoms with Gasteiger partial charge in [-0.15, -0.1) is 0 Å². The van der Waals surface area contributed by atoms with Crippen molar-refractivity contribution in [1.29, 1.82) is 0 Å². The summed E-state index contributed by atoms with van der Waals surface area (Å²) < 4.78 is 5.41. The number of aldehydes is 1. The van der Waals surface area contributed by atoms with Crippen molar-refractivity contribution in [3.63, 3.8) is 0 Å². The molecular weight excluding hydrogens is 190 g/mol. The van der Waals surface area contributed by atoms with Gasteiger partial charge in [0.1, 0.15) is 5.75 Å². The van der Waals surface area contributed by atoms with Gasteiger partial charge in [0.05, 0.1) is 0 Å². The summed E-state index contributed by atoms with van der Waals surface area (Å²) in [7, 11) is 3.67. The molecule has 0 aliphatic carbocycles. The summed E-state index contributed by atoms with van der Waals surface area (Å²) >= 11 is 0. The van der Waals surface area contributed by atoms with Gasteiger partial charge in [-0.2, -0.15) is 0 Å². The molecule has 15 heavy (non-hydrogen) atoms. The maximum atomic E-state index is 10.7. The highest BCUT2D eigenvalue weighted by atomic mass is 16.5. The second-order valence-corrected chi connectivity index (χ2v) is 3.53. The Morgan fingerprint density at radius 2 is 2.13 bits per heavy atom. The molecule has 0 aliphatic rings. The highest BCUT2D eigenvalue weighted by Gasteiger charge is 1.99. The van der Waals surface area contributed by atoms with Gasteiger partial charge in [-0.3, -0.25) is 4.79 Å². The van der Waals surface area contributed by atoms with Crippen LogP contribution in [0, 0.1) is 6.92 Å². The minimum Gasteiger partial charge on any atom is -0.452 e. The molecule has 1 aromatic carbocycles. The molecule has 0 aromatic heterocycles. The fraction of sp³-hybridized carbons (Fsp3) is 0.250. The van der Waals surface area contributed by atoms with E-state index in [1.807, 2.05) is 45.3 Å². The van der Waals surface area contributed by atoms with Gasteiger partial charge in [0.2, 0.25) is 0 Å². The number of allylic oxidation sites excluding steroid dienone is 1. The maximum absolute atomic E-state index is 10.7. The molecule has 0 unspecified atom stereocenters. The van der Waals surface area contributed by atoms with Crippen LogP contribution in [0.25, 0.3) is 0 Å². The second kappa shape index (κ2) is 5.20. The van der Waals surface area contributed by atoms with E-state index in [1.54, 1.807) is 11.1 Å². The van der Waals surface area contributed by atoms with Gasteiger partial charge in [-0.25, -0.2) is 0 Å². The lowest BCUT2D eigenvalue weighted by Crippen LogP contribution is -2.07. The molecule has 3 heteroatoms. The zero-order valence-electron chi connectivity index (χ0n) is 9.23. The van der Waals surface area contributed by atoms with Gasteiger partial charge in [0.25, 0.3) is 0 Å². The van der Waals surface area contributed by atoms with Crippen molar-refractivity contribution in [3.8, 4) is 5.75 Å². The fourth-order valence-corrected chi connectivity index (χ4v) is 1.15. The summed E-state index contributed by atoms with van der Waals surface area (Å²) in [6.07, 6.45) is 2.33. The minimum absolute atomic E-state index is 0.297. The van der Waals surface area contributed by atoms with Gasteiger partial charge >= 0.3 is 0 Å². The molecule has 0 N–H and O–H groups in total. The molecule has 0 saturated heterocycles. The fourth-order valence-electron chi connectivity index (χ4n) is 1.15. The molecule has 0 spiro atoms. The Hall–Kier alpha value is -1.77. The monoisotopic (exact) mass is 205 g/mol. The quantitative estimate of drug-likeness (QED) is 0.427. The number of hydrogen-bond acceptors (Lipinski definition) is 3. The van der Waals surface area contributed by atoms with Crippen LogP contribution in [-0.4, -0.2) is 25.3 Å². The summed E-state index contributed by atoms with van der Waals surface area (Å²) in [5, 5.41) is 0. The second-order valence-electron chi connectivity index (χ2n) is 3.53. The minimum atomic E-state index is 0.297. The van der Waals surface area contributed by atoms with Gasteiger partial charge in [0.15, 0.2) is 12.0 Å². The predicted octanol–water partition coefficient (Wildman–Crippen LogP) is 1.98. The lowest BCUT2D eigenvalue weighted by molar-refractivity contribution is -0.106. The number of ether oxygens (including phenoxy) is 1. The van der Waals surface area contributed by atoms with E-state index < -0.39 is 0 Å². The first-order chi connectivity index (χ1) is 7.11. The summed E-state index contributed by atoms with van der Waals surface area (Å²) in [4.78, 5) is 12.5. The molecule has 0 atom stereocenters. The van der Waals surface area contributed by atoms with Crippen LogP contribution < -0.4 is 4.74 Å². The van der Waals surface area contributed by atoms with E-state index in [-0.39, 0.29) is 0 Å². The number of benzene rings is 1. The van der Waals surface area contributed by atoms with Gasteiger partial charge in [-0.05, 0) is 24.6 Å². The SMILES string of the molecule is Cc1cccc(O/C(C=O)=C/N(C)C)c1. The number of carbonyl (C=O) groups excluding carboxylic acids is 1. The zero-order chi connectivity index (χ0) is 11.3. The standard InChI is InChI=1S/C12H15NO2/c1-10-5-4-6-11(7-10)15-12(9-14)8-13(2)3/h4-9H,1-3H3/b12-8+. The summed E-state index contributed by atoms with van der Waals surface area (Å²) in [6.45, 7) is 1.98. The molecule has 0 amide bonds. The summed E-state index contributed by atoms with van der Waals surface area (Å²) in [5.74, 6) is 0.973. The third-order valence-electron chi connectivity index (χ3n) is 1.73. The first-order valence-electron chi connectivity index (χ1n) is 4.70. The van der Waals surface area contributed by atoms with Gasteiger partial charge in [0, 0.05) is 20.3 Å². The summed E-state index contributed by atoms with van der Waals surface area (Å²) in [6, 6.07) is 7.57. The van der Waals surface area contributed by atoms with E-state index in [0.717, 1.165) is 5.56 Å². The van der Waals surface area contributed by atoms with Crippen molar-refractivity contribution in [2.45, 2.75) is 6.92 Å². The van der Waals surface area contributed by atoms with Crippen molar-refractivity contribution < 1.29 is 9.53 Å². The predicted molar refractivity (Wildman–Crippen MR) is 59.6 cm³/mol. The van der Waals surface area contributed by atoms with Crippen LogP contribution in [0.1, 0.15) is 5.56 Å². The average molecular weight is 205 g/mol. The first kappa shape index (κ1) is 11.3. The third kappa shape index (κ3) is 3.85. The molecule has 0 heterocycles. The largest absolute Gasteiger partial charge is 0.452 e. The molecule has 80 valence electrons. The Morgan fingerprint density at radius 1 is 1.40 bits per heavy atom. The molecule has 0 fully saturated rings. The molecule has 0 saturated carbocycles. The summed E-state index contributed by atoms with van der Waals surface area (Å²) in [5.41, 5.74) is 1.10. The van der Waals surface area contributed by atoms with Crippen LogP contribution in [-0.2, 0) is 4.79 Å². The van der Waals surface area contributed by atoms with Crippen molar-refractivity contribution in [2.75, 3.05) is 14.1 Å². The van der Waals surface area contributed by atoms with Crippen molar-refractivity contribution in [1.82, 2.24) is 4.90 Å². The number of nitrogens with zero attached hydrogens (tertiary/aromatic N) is 1. The van der Waals surface area contributed by atoms with E-state index in [1.165, 1.54) is 0 Å². The van der Waals surface area contributed by atoms with Crippen LogP contribution in [0.5, 0.6) is 5.75 Å². The normalized spacial score (nSPS) is 11.0. The number of aryl methyl sites for hydroxylation is 1. The maximum Gasteiger partial charge on any atom is 0.186 e. The Morgan fingerprint density at radius 3 is 2.67 bits per heavy atom. The average Bonchev–Trinajstić information content (AvgIpc) is 2.16. The topological polar surface area (TPSA) is 29.5 Å². The Kier molecular flexibility index (Phi) is 3.92. The Balaban J connectivity index is 2.80. The Labute approximate surface area is 90.0 Å². The van der Waals surface area contributed by atoms with Crippen LogP contribution in [0.4, 0.5) is 0 Å². The molecule has 0 radical (unpaired) electrons. The van der Waals surface area contributed by atoms with E-state index >= 15 is 0 Å². The molecular formula is C12H15NO2. The highest BCUT2D eigenvalue weighted by Crippen LogP contribution is 2.14. The van der Waals surface area contributed by atoms with Crippen molar-refractivity contribution in [2.24, 2.45) is 0 Å². The van der Waals surface area contributed by atoms with E-state index in [0.29, 0.717) is 17.8 Å². The molecule has 0 bridgehead atoms. The number of hydrogen-bond donors (Lipinski definition) is 0. The van der Waals surface area contributed by atoms with E-state index in [2.05, 4.69) is 0 Å². The van der Waals surface area contributed by atoms with Crippen LogP contribution in [0.15, 0.2) is 36.2 Å². The van der Waals surface area contributed by atoms with Gasteiger partial charge < -0.3 is 9.64 Å². The zero-order valence-corrected chi connectivity index (χ0v) is 9.23. The van der Waals surface area contributed by atoms with Crippen LogP contribution >= 0.6 is 0 Å². The number of rotatable bonds is 4. The van der Waals surface area contributed by atoms with Crippen LogP contribution in [0.3, 0.4) is 0 Å². The lowest BCUT2D eigenvalue weighted by atomic mass is 10.2. The highest BCUT2D eigenvalue weighted by molar-refractivity contribution is 5.70. The smallest absolute Gasteiger partial charge is 0.186 e. The first-order valence-corrected chi connectivity index (χ1v) is 4.70. The van der Waals surface area contributed by atoms with E-state index in [4.69, 9.17) is 4.74 Å². The molecule has 3 nitrogen and oxygen atoms in total. The third-order valence-corrected chi connectivity index (χ3v) is 1.73. The Bertz CT molecular complexity index is 370. The molecule has 0 aliphatic heterocycles. The molecule has 1 aromatic rings. The van der Waals surface area contributed by atoms with E-state index in [9.17, 15) is 4.79 Å². The van der Waals surface area contributed by atoms with Gasteiger partial charge in [-0.1, -0.05) is 12.1 Å². The number of carbonyl (C=O) groups is 1. The van der Waals surface area contributed by atoms with Crippen molar-refractivity contribution >= 4 is 6.29 Å². The van der Waals surface area contributed by atoms with Crippen LogP contribution in [0.2, 0.25) is 0 Å². The lowest BCUT2D eigenvalue weighted by Gasteiger charge is -2.09. The molecule has 1 rings (SSSR count).